The van der Waals surface area contributed by atoms with Crippen LogP contribution in [-0.2, 0) is 4.74 Å². The Hall–Kier alpha value is -0.290. The van der Waals surface area contributed by atoms with Gasteiger partial charge in [-0.2, -0.15) is 13.2 Å². The summed E-state index contributed by atoms with van der Waals surface area (Å²) >= 11 is 0. The van der Waals surface area contributed by atoms with Gasteiger partial charge in [-0.05, 0) is 6.42 Å². The van der Waals surface area contributed by atoms with Crippen molar-refractivity contribution < 1.29 is 23.0 Å². The second-order valence-electron chi connectivity index (χ2n) is 3.90. The average Bonchev–Trinajstić information content (AvgIpc) is 2.20. The number of hydrogen-bond acceptors (Lipinski definition) is 2. The van der Waals surface area contributed by atoms with Crippen LogP contribution < -0.4 is 0 Å². The highest BCUT2D eigenvalue weighted by atomic mass is 19.4. The lowest BCUT2D eigenvalue weighted by atomic mass is 10.1. The highest BCUT2D eigenvalue weighted by Gasteiger charge is 2.38. The Labute approximate surface area is 94.8 Å². The summed E-state index contributed by atoms with van der Waals surface area (Å²) in [6, 6.07) is 0. The molecule has 0 amide bonds. The molecule has 0 aromatic rings. The van der Waals surface area contributed by atoms with E-state index < -0.39 is 18.9 Å². The summed E-state index contributed by atoms with van der Waals surface area (Å²) in [6.45, 7) is 1.76. The summed E-state index contributed by atoms with van der Waals surface area (Å²) in [4.78, 5) is 0. The molecule has 0 rings (SSSR count). The lowest BCUT2D eigenvalue weighted by Crippen LogP contribution is -2.33. The van der Waals surface area contributed by atoms with E-state index in [1.165, 1.54) is 19.3 Å². The summed E-state index contributed by atoms with van der Waals surface area (Å²) in [7, 11) is 0. The van der Waals surface area contributed by atoms with Gasteiger partial charge in [0.25, 0.3) is 0 Å². The highest BCUT2D eigenvalue weighted by molar-refractivity contribution is 4.63. The third-order valence-electron chi connectivity index (χ3n) is 2.30. The zero-order valence-electron chi connectivity index (χ0n) is 9.72. The molecule has 0 aliphatic heterocycles. The molecule has 1 unspecified atom stereocenters. The maximum atomic E-state index is 11.8. The van der Waals surface area contributed by atoms with Gasteiger partial charge in [-0.1, -0.05) is 39.0 Å². The summed E-state index contributed by atoms with van der Waals surface area (Å²) in [6.07, 6.45) is -0.548. The molecular formula is C11H21F3O2. The molecule has 0 aliphatic rings. The molecule has 0 fully saturated rings. The van der Waals surface area contributed by atoms with Crippen molar-refractivity contribution in [3.63, 3.8) is 0 Å². The number of unbranched alkanes of at least 4 members (excludes halogenated alkanes) is 5. The molecule has 0 saturated carbocycles. The summed E-state index contributed by atoms with van der Waals surface area (Å²) < 4.78 is 40.3. The lowest BCUT2D eigenvalue weighted by Gasteiger charge is -2.14. The van der Waals surface area contributed by atoms with Gasteiger partial charge in [0.1, 0.15) is 0 Å². The van der Waals surface area contributed by atoms with Gasteiger partial charge >= 0.3 is 6.18 Å². The highest BCUT2D eigenvalue weighted by Crippen LogP contribution is 2.20. The van der Waals surface area contributed by atoms with E-state index in [-0.39, 0.29) is 0 Å². The Morgan fingerprint density at radius 1 is 1.06 bits per heavy atom. The molecule has 5 heteroatoms. The van der Waals surface area contributed by atoms with Crippen LogP contribution in [0.4, 0.5) is 13.2 Å². The third-order valence-corrected chi connectivity index (χ3v) is 2.30. The van der Waals surface area contributed by atoms with E-state index in [9.17, 15) is 13.2 Å². The molecule has 98 valence electrons. The Bertz CT molecular complexity index is 160. The molecule has 0 radical (unpaired) electrons. The fourth-order valence-corrected chi connectivity index (χ4v) is 1.27. The van der Waals surface area contributed by atoms with E-state index in [1.54, 1.807) is 0 Å². The van der Waals surface area contributed by atoms with Crippen LogP contribution in [-0.4, -0.2) is 30.6 Å². The second kappa shape index (κ2) is 8.82. The monoisotopic (exact) mass is 242 g/mol. The summed E-state index contributed by atoms with van der Waals surface area (Å²) in [5, 5.41) is 8.61. The lowest BCUT2D eigenvalue weighted by molar-refractivity contribution is -0.217. The van der Waals surface area contributed by atoms with Gasteiger partial charge < -0.3 is 9.84 Å². The van der Waals surface area contributed by atoms with Gasteiger partial charge in [0.2, 0.25) is 0 Å². The average molecular weight is 242 g/mol. The molecule has 1 N–H and O–H groups in total. The molecule has 16 heavy (non-hydrogen) atoms. The van der Waals surface area contributed by atoms with Crippen molar-refractivity contribution in [1.82, 2.24) is 0 Å². The first-order valence-corrected chi connectivity index (χ1v) is 5.81. The molecule has 1 atom stereocenters. The van der Waals surface area contributed by atoms with Crippen LogP contribution in [0.1, 0.15) is 45.4 Å². The standard InChI is InChI=1S/C11H21F3O2/c1-2-3-4-5-6-7-8-16-9-10(15)11(12,13)14/h10,15H,2-9H2,1H3. The van der Waals surface area contributed by atoms with E-state index in [1.807, 2.05) is 0 Å². The number of halogens is 3. The summed E-state index contributed by atoms with van der Waals surface area (Å²) in [5.74, 6) is 0. The van der Waals surface area contributed by atoms with Gasteiger partial charge in [-0.25, -0.2) is 0 Å². The van der Waals surface area contributed by atoms with Crippen molar-refractivity contribution in [2.24, 2.45) is 0 Å². The number of ether oxygens (including phenoxy) is 1. The van der Waals surface area contributed by atoms with E-state index in [4.69, 9.17) is 9.84 Å². The van der Waals surface area contributed by atoms with Crippen molar-refractivity contribution in [3.8, 4) is 0 Å². The Kier molecular flexibility index (Phi) is 8.66. The molecular weight excluding hydrogens is 221 g/mol. The first-order chi connectivity index (χ1) is 7.48. The van der Waals surface area contributed by atoms with E-state index in [0.29, 0.717) is 6.61 Å². The zero-order valence-corrected chi connectivity index (χ0v) is 9.72. The van der Waals surface area contributed by atoms with Crippen LogP contribution in [0, 0.1) is 0 Å². The van der Waals surface area contributed by atoms with Gasteiger partial charge in [0.15, 0.2) is 6.10 Å². The van der Waals surface area contributed by atoms with Crippen LogP contribution in [0.2, 0.25) is 0 Å². The normalized spacial score (nSPS) is 14.1. The van der Waals surface area contributed by atoms with E-state index in [2.05, 4.69) is 6.92 Å². The maximum Gasteiger partial charge on any atom is 0.416 e. The zero-order chi connectivity index (χ0) is 12.4. The van der Waals surface area contributed by atoms with Crippen molar-refractivity contribution >= 4 is 0 Å². The predicted molar refractivity (Wildman–Crippen MR) is 56.3 cm³/mol. The van der Waals surface area contributed by atoms with Crippen molar-refractivity contribution in [2.75, 3.05) is 13.2 Å². The van der Waals surface area contributed by atoms with Crippen molar-refractivity contribution in [3.05, 3.63) is 0 Å². The molecule has 0 aromatic heterocycles. The summed E-state index contributed by atoms with van der Waals surface area (Å²) in [5.41, 5.74) is 0. The molecule has 0 saturated heterocycles. The number of alkyl halides is 3. The predicted octanol–water partition coefficient (Wildman–Crippen LogP) is 3.29. The topological polar surface area (TPSA) is 29.5 Å². The Morgan fingerprint density at radius 3 is 2.19 bits per heavy atom. The minimum absolute atomic E-state index is 0.291. The van der Waals surface area contributed by atoms with E-state index >= 15 is 0 Å². The van der Waals surface area contributed by atoms with E-state index in [0.717, 1.165) is 19.3 Å². The van der Waals surface area contributed by atoms with Crippen molar-refractivity contribution in [2.45, 2.75) is 57.7 Å². The molecule has 0 aliphatic carbocycles. The van der Waals surface area contributed by atoms with Crippen LogP contribution in [0.25, 0.3) is 0 Å². The van der Waals surface area contributed by atoms with Crippen molar-refractivity contribution in [1.29, 1.82) is 0 Å². The molecule has 0 aromatic carbocycles. The Balaban J connectivity index is 3.21. The second-order valence-corrected chi connectivity index (χ2v) is 3.90. The number of aliphatic hydroxyl groups is 1. The largest absolute Gasteiger partial charge is 0.416 e. The number of aliphatic hydroxyl groups excluding tert-OH is 1. The first-order valence-electron chi connectivity index (χ1n) is 5.81. The minimum atomic E-state index is -4.57. The van der Waals surface area contributed by atoms with Gasteiger partial charge in [-0.3, -0.25) is 0 Å². The molecule has 0 bridgehead atoms. The maximum absolute atomic E-state index is 11.8. The molecule has 0 heterocycles. The fourth-order valence-electron chi connectivity index (χ4n) is 1.27. The van der Waals surface area contributed by atoms with Gasteiger partial charge in [0.05, 0.1) is 6.61 Å². The van der Waals surface area contributed by atoms with Gasteiger partial charge in [-0.15, -0.1) is 0 Å². The van der Waals surface area contributed by atoms with Crippen LogP contribution in [0.5, 0.6) is 0 Å². The molecule has 0 spiro atoms. The minimum Gasteiger partial charge on any atom is -0.382 e. The quantitative estimate of drug-likeness (QED) is 0.629. The van der Waals surface area contributed by atoms with Gasteiger partial charge in [0, 0.05) is 6.61 Å². The van der Waals surface area contributed by atoms with Crippen LogP contribution in [0.15, 0.2) is 0 Å². The smallest absolute Gasteiger partial charge is 0.382 e. The Morgan fingerprint density at radius 2 is 1.62 bits per heavy atom. The third kappa shape index (κ3) is 8.97. The van der Waals surface area contributed by atoms with Crippen LogP contribution in [0.3, 0.4) is 0 Å². The first kappa shape index (κ1) is 15.7. The number of hydrogen-bond donors (Lipinski definition) is 1. The van der Waals surface area contributed by atoms with Crippen LogP contribution >= 0.6 is 0 Å². The molecule has 2 nitrogen and oxygen atoms in total. The SMILES string of the molecule is CCCCCCCCOCC(O)C(F)(F)F. The number of rotatable bonds is 9. The fraction of sp³-hybridized carbons (Fsp3) is 1.00.